The number of ether oxygens (including phenoxy) is 2. The number of halogens is 1. The molecule has 1 N–H and O–H groups in total. The molecule has 1 atom stereocenters. The van der Waals surface area contributed by atoms with E-state index in [4.69, 9.17) is 9.47 Å². The second-order valence-corrected chi connectivity index (χ2v) is 5.85. The molecule has 0 saturated carbocycles. The molecule has 0 aromatic heterocycles. The molecule has 0 bridgehead atoms. The maximum atomic E-state index is 12.0. The third kappa shape index (κ3) is 2.77. The van der Waals surface area contributed by atoms with Crippen LogP contribution in [0.1, 0.15) is 17.5 Å². The molecule has 0 aliphatic carbocycles. The van der Waals surface area contributed by atoms with Gasteiger partial charge in [-0.15, -0.1) is 0 Å². The van der Waals surface area contributed by atoms with E-state index in [1.165, 1.54) is 5.56 Å². The number of hydrogen-bond donors (Lipinski definition) is 1. The van der Waals surface area contributed by atoms with Crippen LogP contribution in [-0.2, 0) is 22.5 Å². The first-order valence-electron chi connectivity index (χ1n) is 6.53. The number of nitrogens with one attached hydrogen (secondary N) is 1. The molecule has 0 spiro atoms. The molecule has 1 aromatic rings. The van der Waals surface area contributed by atoms with E-state index < -0.39 is 0 Å². The van der Waals surface area contributed by atoms with E-state index in [1.54, 1.807) is 0 Å². The molecule has 2 heterocycles. The first-order valence-corrected chi connectivity index (χ1v) is 7.33. The van der Waals surface area contributed by atoms with Crippen molar-refractivity contribution in [1.82, 2.24) is 5.32 Å². The lowest BCUT2D eigenvalue weighted by Crippen LogP contribution is -2.30. The van der Waals surface area contributed by atoms with Gasteiger partial charge in [-0.05, 0) is 24.1 Å². The Hall–Kier alpha value is -1.07. The van der Waals surface area contributed by atoms with Gasteiger partial charge in [0.2, 0.25) is 5.91 Å². The lowest BCUT2D eigenvalue weighted by molar-refractivity contribution is -0.125. The summed E-state index contributed by atoms with van der Waals surface area (Å²) in [5.41, 5.74) is 2.25. The zero-order chi connectivity index (χ0) is 13.2. The Bertz CT molecular complexity index is 498. The molecule has 1 amide bonds. The molecule has 1 unspecified atom stereocenters. The van der Waals surface area contributed by atoms with Gasteiger partial charge in [0.25, 0.3) is 0 Å². The van der Waals surface area contributed by atoms with Crippen LogP contribution in [0.5, 0.6) is 5.75 Å². The van der Waals surface area contributed by atoms with Gasteiger partial charge in [0.15, 0.2) is 0 Å². The SMILES string of the molecule is O=C(NCc1cc(Br)cc2c1OCC2)C1CCOC1. The zero-order valence-corrected chi connectivity index (χ0v) is 12.2. The van der Waals surface area contributed by atoms with Crippen molar-refractivity contribution in [2.24, 2.45) is 5.92 Å². The van der Waals surface area contributed by atoms with Crippen LogP contribution in [0.25, 0.3) is 0 Å². The number of hydrogen-bond acceptors (Lipinski definition) is 3. The Labute approximate surface area is 120 Å². The van der Waals surface area contributed by atoms with Crippen molar-refractivity contribution in [2.45, 2.75) is 19.4 Å². The summed E-state index contributed by atoms with van der Waals surface area (Å²) in [5, 5.41) is 2.98. The topological polar surface area (TPSA) is 47.6 Å². The highest BCUT2D eigenvalue weighted by atomic mass is 79.9. The molecule has 4 nitrogen and oxygen atoms in total. The molecular weight excluding hydrogens is 310 g/mol. The van der Waals surface area contributed by atoms with Crippen LogP contribution in [0.4, 0.5) is 0 Å². The minimum absolute atomic E-state index is 0.00104. The van der Waals surface area contributed by atoms with E-state index in [0.29, 0.717) is 19.8 Å². The Morgan fingerprint density at radius 2 is 2.32 bits per heavy atom. The molecule has 1 aromatic carbocycles. The smallest absolute Gasteiger partial charge is 0.225 e. The molecule has 19 heavy (non-hydrogen) atoms. The van der Waals surface area contributed by atoms with Crippen LogP contribution >= 0.6 is 15.9 Å². The standard InChI is InChI=1S/C14H16BrNO3/c15-12-5-9-2-4-19-13(9)11(6-12)7-16-14(17)10-1-3-18-8-10/h5-6,10H,1-4,7-8H2,(H,16,17). The summed E-state index contributed by atoms with van der Waals surface area (Å²) in [6.07, 6.45) is 1.76. The summed E-state index contributed by atoms with van der Waals surface area (Å²) >= 11 is 3.50. The monoisotopic (exact) mass is 325 g/mol. The second kappa shape index (κ2) is 5.51. The molecule has 2 aliphatic heterocycles. The Morgan fingerprint density at radius 3 is 3.11 bits per heavy atom. The zero-order valence-electron chi connectivity index (χ0n) is 10.6. The highest BCUT2D eigenvalue weighted by Crippen LogP contribution is 2.32. The van der Waals surface area contributed by atoms with Gasteiger partial charge in [0.1, 0.15) is 5.75 Å². The maximum absolute atomic E-state index is 12.0. The highest BCUT2D eigenvalue weighted by molar-refractivity contribution is 9.10. The van der Waals surface area contributed by atoms with E-state index in [-0.39, 0.29) is 11.8 Å². The van der Waals surface area contributed by atoms with Gasteiger partial charge >= 0.3 is 0 Å². The van der Waals surface area contributed by atoms with Crippen molar-refractivity contribution >= 4 is 21.8 Å². The number of benzene rings is 1. The number of fused-ring (bicyclic) bond motifs is 1. The fourth-order valence-electron chi connectivity index (χ4n) is 2.55. The Balaban J connectivity index is 1.68. The van der Waals surface area contributed by atoms with Gasteiger partial charge in [0, 0.05) is 29.6 Å². The highest BCUT2D eigenvalue weighted by Gasteiger charge is 2.24. The quantitative estimate of drug-likeness (QED) is 0.925. The number of carbonyl (C=O) groups is 1. The fraction of sp³-hybridized carbons (Fsp3) is 0.500. The minimum atomic E-state index is 0.00104. The van der Waals surface area contributed by atoms with Crippen molar-refractivity contribution in [3.8, 4) is 5.75 Å². The number of rotatable bonds is 3. The van der Waals surface area contributed by atoms with Gasteiger partial charge in [-0.2, -0.15) is 0 Å². The normalized spacial score (nSPS) is 21.0. The first kappa shape index (κ1) is 12.9. The average molecular weight is 326 g/mol. The second-order valence-electron chi connectivity index (χ2n) is 4.93. The van der Waals surface area contributed by atoms with E-state index in [2.05, 4.69) is 27.3 Å². The van der Waals surface area contributed by atoms with Crippen molar-refractivity contribution in [3.05, 3.63) is 27.7 Å². The molecule has 3 rings (SSSR count). The predicted octanol–water partition coefficient (Wildman–Crippen LogP) is 2.04. The summed E-state index contributed by atoms with van der Waals surface area (Å²) < 4.78 is 11.9. The van der Waals surface area contributed by atoms with Crippen LogP contribution in [0, 0.1) is 5.92 Å². The summed E-state index contributed by atoms with van der Waals surface area (Å²) in [7, 11) is 0. The Morgan fingerprint density at radius 1 is 1.42 bits per heavy atom. The summed E-state index contributed by atoms with van der Waals surface area (Å²) in [4.78, 5) is 12.0. The van der Waals surface area contributed by atoms with Crippen LogP contribution in [-0.4, -0.2) is 25.7 Å². The van der Waals surface area contributed by atoms with Crippen molar-refractivity contribution in [3.63, 3.8) is 0 Å². The van der Waals surface area contributed by atoms with Crippen LogP contribution in [0.15, 0.2) is 16.6 Å². The van der Waals surface area contributed by atoms with Gasteiger partial charge in [-0.25, -0.2) is 0 Å². The van der Waals surface area contributed by atoms with E-state index in [0.717, 1.165) is 35.2 Å². The largest absolute Gasteiger partial charge is 0.493 e. The van der Waals surface area contributed by atoms with Crippen LogP contribution in [0.2, 0.25) is 0 Å². The summed E-state index contributed by atoms with van der Waals surface area (Å²) in [5.74, 6) is 1.01. The van der Waals surface area contributed by atoms with E-state index >= 15 is 0 Å². The molecule has 1 saturated heterocycles. The lowest BCUT2D eigenvalue weighted by atomic mass is 10.1. The van der Waals surface area contributed by atoms with Gasteiger partial charge in [0.05, 0.1) is 19.1 Å². The minimum Gasteiger partial charge on any atom is -0.493 e. The molecule has 5 heteroatoms. The van der Waals surface area contributed by atoms with Gasteiger partial charge in [-0.3, -0.25) is 4.79 Å². The van der Waals surface area contributed by atoms with Crippen LogP contribution < -0.4 is 10.1 Å². The third-order valence-corrected chi connectivity index (χ3v) is 4.04. The van der Waals surface area contributed by atoms with Gasteiger partial charge < -0.3 is 14.8 Å². The van der Waals surface area contributed by atoms with Crippen LogP contribution in [0.3, 0.4) is 0 Å². The van der Waals surface area contributed by atoms with Crippen molar-refractivity contribution in [2.75, 3.05) is 19.8 Å². The first-order chi connectivity index (χ1) is 9.24. The molecule has 0 radical (unpaired) electrons. The van der Waals surface area contributed by atoms with E-state index in [1.807, 2.05) is 6.07 Å². The molecular formula is C14H16BrNO3. The third-order valence-electron chi connectivity index (χ3n) is 3.58. The number of amides is 1. The Kier molecular flexibility index (Phi) is 3.75. The van der Waals surface area contributed by atoms with Gasteiger partial charge in [-0.1, -0.05) is 15.9 Å². The fourth-order valence-corrected chi connectivity index (χ4v) is 3.10. The van der Waals surface area contributed by atoms with E-state index in [9.17, 15) is 4.79 Å². The maximum Gasteiger partial charge on any atom is 0.225 e. The molecule has 102 valence electrons. The average Bonchev–Trinajstić information content (AvgIpc) is 3.05. The van der Waals surface area contributed by atoms with Crippen molar-refractivity contribution < 1.29 is 14.3 Å². The predicted molar refractivity (Wildman–Crippen MR) is 74.1 cm³/mol. The summed E-state index contributed by atoms with van der Waals surface area (Å²) in [6, 6.07) is 4.09. The summed E-state index contributed by atoms with van der Waals surface area (Å²) in [6.45, 7) is 2.46. The number of carbonyl (C=O) groups excluding carboxylic acids is 1. The lowest BCUT2D eigenvalue weighted by Gasteiger charge is -2.12. The molecule has 2 aliphatic rings. The molecule has 1 fully saturated rings. The van der Waals surface area contributed by atoms with Crippen molar-refractivity contribution in [1.29, 1.82) is 0 Å².